The topological polar surface area (TPSA) is 30.5 Å². The second kappa shape index (κ2) is 7.17. The van der Waals surface area contributed by atoms with E-state index in [4.69, 9.17) is 9.47 Å². The third kappa shape index (κ3) is 5.59. The van der Waals surface area contributed by atoms with Gasteiger partial charge in [0.05, 0.1) is 6.61 Å². The predicted molar refractivity (Wildman–Crippen MR) is 70.8 cm³/mol. The lowest BCUT2D eigenvalue weighted by molar-refractivity contribution is 0.213. The minimum Gasteiger partial charge on any atom is -0.494 e. The van der Waals surface area contributed by atoms with E-state index in [1.54, 1.807) is 0 Å². The van der Waals surface area contributed by atoms with Gasteiger partial charge in [-0.2, -0.15) is 0 Å². The standard InChI is InChI=1S/C14H23NO2/c1-5-16-13-6-8-14(9-7-13)17-12(4)10-15-11(2)3/h6-9,11-12,15H,5,10H2,1-4H3. The van der Waals surface area contributed by atoms with Crippen LogP contribution in [0.25, 0.3) is 0 Å². The quantitative estimate of drug-likeness (QED) is 0.791. The van der Waals surface area contributed by atoms with Crippen LogP contribution in [-0.4, -0.2) is 25.3 Å². The Hall–Kier alpha value is -1.22. The fourth-order valence-electron chi connectivity index (χ4n) is 1.46. The van der Waals surface area contributed by atoms with Crippen molar-refractivity contribution in [2.24, 2.45) is 0 Å². The van der Waals surface area contributed by atoms with Crippen molar-refractivity contribution in [2.75, 3.05) is 13.2 Å². The molecule has 0 aliphatic carbocycles. The van der Waals surface area contributed by atoms with E-state index >= 15 is 0 Å². The van der Waals surface area contributed by atoms with Crippen LogP contribution in [0.5, 0.6) is 11.5 Å². The Balaban J connectivity index is 2.40. The first kappa shape index (κ1) is 13.8. The van der Waals surface area contributed by atoms with Gasteiger partial charge in [0.2, 0.25) is 0 Å². The van der Waals surface area contributed by atoms with E-state index < -0.39 is 0 Å². The molecular formula is C14H23NO2. The molecule has 0 heterocycles. The summed E-state index contributed by atoms with van der Waals surface area (Å²) in [5.41, 5.74) is 0. The monoisotopic (exact) mass is 237 g/mol. The number of rotatable bonds is 7. The van der Waals surface area contributed by atoms with Crippen molar-refractivity contribution in [3.63, 3.8) is 0 Å². The van der Waals surface area contributed by atoms with Gasteiger partial charge in [-0.1, -0.05) is 13.8 Å². The van der Waals surface area contributed by atoms with Crippen LogP contribution in [0.3, 0.4) is 0 Å². The third-order valence-electron chi connectivity index (χ3n) is 2.29. The highest BCUT2D eigenvalue weighted by atomic mass is 16.5. The molecule has 0 aromatic heterocycles. The van der Waals surface area contributed by atoms with Gasteiger partial charge in [-0.05, 0) is 38.1 Å². The van der Waals surface area contributed by atoms with Gasteiger partial charge in [0, 0.05) is 12.6 Å². The van der Waals surface area contributed by atoms with Crippen LogP contribution in [0.2, 0.25) is 0 Å². The van der Waals surface area contributed by atoms with Gasteiger partial charge >= 0.3 is 0 Å². The molecule has 0 spiro atoms. The van der Waals surface area contributed by atoms with Gasteiger partial charge in [0.1, 0.15) is 17.6 Å². The summed E-state index contributed by atoms with van der Waals surface area (Å²) in [6.45, 7) is 9.84. The Kier molecular flexibility index (Phi) is 5.84. The maximum atomic E-state index is 5.78. The minimum atomic E-state index is 0.162. The van der Waals surface area contributed by atoms with E-state index in [0.29, 0.717) is 12.6 Å². The van der Waals surface area contributed by atoms with Crippen LogP contribution in [0.4, 0.5) is 0 Å². The molecule has 1 unspecified atom stereocenters. The van der Waals surface area contributed by atoms with E-state index in [-0.39, 0.29) is 6.10 Å². The molecule has 1 aromatic carbocycles. The van der Waals surface area contributed by atoms with Crippen LogP contribution in [0.1, 0.15) is 27.7 Å². The fourth-order valence-corrected chi connectivity index (χ4v) is 1.46. The molecule has 1 rings (SSSR count). The zero-order chi connectivity index (χ0) is 12.7. The first-order valence-corrected chi connectivity index (χ1v) is 6.24. The first-order valence-electron chi connectivity index (χ1n) is 6.24. The van der Waals surface area contributed by atoms with E-state index in [0.717, 1.165) is 18.0 Å². The summed E-state index contributed by atoms with van der Waals surface area (Å²) in [6, 6.07) is 8.23. The summed E-state index contributed by atoms with van der Waals surface area (Å²) in [6.07, 6.45) is 0.162. The summed E-state index contributed by atoms with van der Waals surface area (Å²) in [5, 5.41) is 3.35. The van der Waals surface area contributed by atoms with E-state index in [9.17, 15) is 0 Å². The molecule has 0 fully saturated rings. The van der Waals surface area contributed by atoms with Crippen molar-refractivity contribution in [1.29, 1.82) is 0 Å². The molecule has 0 saturated heterocycles. The number of hydrogen-bond acceptors (Lipinski definition) is 3. The second-order valence-corrected chi connectivity index (χ2v) is 4.40. The van der Waals surface area contributed by atoms with Crippen LogP contribution < -0.4 is 14.8 Å². The van der Waals surface area contributed by atoms with Crippen LogP contribution in [-0.2, 0) is 0 Å². The molecule has 0 aliphatic heterocycles. The third-order valence-corrected chi connectivity index (χ3v) is 2.29. The predicted octanol–water partition coefficient (Wildman–Crippen LogP) is 2.85. The van der Waals surface area contributed by atoms with Gasteiger partial charge < -0.3 is 14.8 Å². The molecule has 3 heteroatoms. The van der Waals surface area contributed by atoms with Crippen LogP contribution >= 0.6 is 0 Å². The number of benzene rings is 1. The summed E-state index contributed by atoms with van der Waals surface area (Å²) >= 11 is 0. The molecule has 1 N–H and O–H groups in total. The molecule has 0 aliphatic rings. The molecular weight excluding hydrogens is 214 g/mol. The van der Waals surface area contributed by atoms with Crippen molar-refractivity contribution in [3.05, 3.63) is 24.3 Å². The molecule has 96 valence electrons. The van der Waals surface area contributed by atoms with Crippen molar-refractivity contribution < 1.29 is 9.47 Å². The molecule has 17 heavy (non-hydrogen) atoms. The molecule has 1 atom stereocenters. The number of nitrogens with one attached hydrogen (secondary N) is 1. The fraction of sp³-hybridized carbons (Fsp3) is 0.571. The molecule has 0 amide bonds. The summed E-state index contributed by atoms with van der Waals surface area (Å²) < 4.78 is 11.2. The molecule has 0 radical (unpaired) electrons. The zero-order valence-electron chi connectivity index (χ0n) is 11.2. The van der Waals surface area contributed by atoms with Crippen LogP contribution in [0.15, 0.2) is 24.3 Å². The van der Waals surface area contributed by atoms with Crippen molar-refractivity contribution in [2.45, 2.75) is 39.8 Å². The highest BCUT2D eigenvalue weighted by Crippen LogP contribution is 2.18. The van der Waals surface area contributed by atoms with Crippen LogP contribution in [0, 0.1) is 0 Å². The van der Waals surface area contributed by atoms with Gasteiger partial charge in [0.15, 0.2) is 0 Å². The Morgan fingerprint density at radius 3 is 2.18 bits per heavy atom. The summed E-state index contributed by atoms with van der Waals surface area (Å²) in [5.74, 6) is 1.76. The lowest BCUT2D eigenvalue weighted by atomic mass is 10.3. The van der Waals surface area contributed by atoms with E-state index in [1.807, 2.05) is 31.2 Å². The van der Waals surface area contributed by atoms with Crippen molar-refractivity contribution in [1.82, 2.24) is 5.32 Å². The summed E-state index contributed by atoms with van der Waals surface area (Å²) in [4.78, 5) is 0. The highest BCUT2D eigenvalue weighted by molar-refractivity contribution is 5.31. The van der Waals surface area contributed by atoms with Gasteiger partial charge in [-0.15, -0.1) is 0 Å². The Labute approximate surface area is 104 Å². The normalized spacial score (nSPS) is 12.5. The maximum absolute atomic E-state index is 5.78. The second-order valence-electron chi connectivity index (χ2n) is 4.40. The Morgan fingerprint density at radius 2 is 1.65 bits per heavy atom. The van der Waals surface area contributed by atoms with Gasteiger partial charge in [-0.3, -0.25) is 0 Å². The number of hydrogen-bond donors (Lipinski definition) is 1. The Bertz CT molecular complexity index is 309. The lowest BCUT2D eigenvalue weighted by Gasteiger charge is -2.17. The first-order chi connectivity index (χ1) is 8.11. The minimum absolute atomic E-state index is 0.162. The molecule has 0 bridgehead atoms. The maximum Gasteiger partial charge on any atom is 0.120 e. The number of ether oxygens (including phenoxy) is 2. The van der Waals surface area contributed by atoms with Crippen molar-refractivity contribution >= 4 is 0 Å². The smallest absolute Gasteiger partial charge is 0.120 e. The molecule has 3 nitrogen and oxygen atoms in total. The van der Waals surface area contributed by atoms with Gasteiger partial charge in [-0.25, -0.2) is 0 Å². The summed E-state index contributed by atoms with van der Waals surface area (Å²) in [7, 11) is 0. The molecule has 1 aromatic rings. The average molecular weight is 237 g/mol. The SMILES string of the molecule is CCOc1ccc(OC(C)CNC(C)C)cc1. The zero-order valence-corrected chi connectivity index (χ0v) is 11.2. The average Bonchev–Trinajstić information content (AvgIpc) is 2.29. The Morgan fingerprint density at radius 1 is 1.06 bits per heavy atom. The van der Waals surface area contributed by atoms with Gasteiger partial charge in [0.25, 0.3) is 0 Å². The largest absolute Gasteiger partial charge is 0.494 e. The lowest BCUT2D eigenvalue weighted by Crippen LogP contribution is -2.33. The van der Waals surface area contributed by atoms with Crippen molar-refractivity contribution in [3.8, 4) is 11.5 Å². The highest BCUT2D eigenvalue weighted by Gasteiger charge is 2.04. The van der Waals surface area contributed by atoms with E-state index in [2.05, 4.69) is 26.1 Å². The molecule has 0 saturated carbocycles. The van der Waals surface area contributed by atoms with E-state index in [1.165, 1.54) is 0 Å².